The minimum atomic E-state index is -0.340. The van der Waals surface area contributed by atoms with Crippen LogP contribution in [0.4, 0.5) is 0 Å². The van der Waals surface area contributed by atoms with Crippen LogP contribution in [0.5, 0.6) is 0 Å². The summed E-state index contributed by atoms with van der Waals surface area (Å²) in [6.45, 7) is 12.3. The van der Waals surface area contributed by atoms with Gasteiger partial charge in [0.2, 0.25) is 0 Å². The molecule has 1 aromatic rings. The van der Waals surface area contributed by atoms with Gasteiger partial charge in [0.15, 0.2) is 5.78 Å². The number of Topliss-reactive ketones (excluding diaryl/α,β-unsaturated/α-hetero) is 1. The van der Waals surface area contributed by atoms with Gasteiger partial charge in [-0.25, -0.2) is 0 Å². The summed E-state index contributed by atoms with van der Waals surface area (Å²) in [5.41, 5.74) is 2.00. The van der Waals surface area contributed by atoms with E-state index in [-0.39, 0.29) is 5.54 Å². The highest BCUT2D eigenvalue weighted by Crippen LogP contribution is 2.22. The van der Waals surface area contributed by atoms with Crippen molar-refractivity contribution >= 4 is 5.78 Å². The van der Waals surface area contributed by atoms with E-state index in [4.69, 9.17) is 0 Å². The number of rotatable bonds is 7. The Balaban J connectivity index is 2.90. The molecule has 1 atom stereocenters. The zero-order chi connectivity index (χ0) is 14.5. The topological polar surface area (TPSA) is 20.3 Å². The van der Waals surface area contributed by atoms with E-state index in [1.54, 1.807) is 0 Å². The van der Waals surface area contributed by atoms with Crippen molar-refractivity contribution in [3.8, 4) is 0 Å². The summed E-state index contributed by atoms with van der Waals surface area (Å²) in [6, 6.07) is 8.25. The number of nitrogens with zero attached hydrogens (tertiary/aromatic N) is 1. The monoisotopic (exact) mass is 261 g/mol. The van der Waals surface area contributed by atoms with Crippen molar-refractivity contribution in [3.05, 3.63) is 35.4 Å². The Morgan fingerprint density at radius 2 is 1.84 bits per heavy atom. The second kappa shape index (κ2) is 6.85. The SMILES string of the molecule is CCN(CC)C(C)(CC)C(=O)Cc1cccc(C)c1. The lowest BCUT2D eigenvalue weighted by atomic mass is 9.87. The average Bonchev–Trinajstić information content (AvgIpc) is 2.39. The van der Waals surface area contributed by atoms with Crippen LogP contribution in [0.15, 0.2) is 24.3 Å². The molecule has 1 unspecified atom stereocenters. The summed E-state index contributed by atoms with van der Waals surface area (Å²) in [6.07, 6.45) is 1.39. The van der Waals surface area contributed by atoms with E-state index in [1.165, 1.54) is 5.56 Å². The van der Waals surface area contributed by atoms with Gasteiger partial charge in [0.05, 0.1) is 5.54 Å². The Morgan fingerprint density at radius 1 is 1.21 bits per heavy atom. The Hall–Kier alpha value is -1.15. The van der Waals surface area contributed by atoms with Crippen molar-refractivity contribution in [3.63, 3.8) is 0 Å². The number of aryl methyl sites for hydroxylation is 1. The molecule has 19 heavy (non-hydrogen) atoms. The van der Waals surface area contributed by atoms with Crippen LogP contribution in [0.3, 0.4) is 0 Å². The standard InChI is InChI=1S/C17H27NO/c1-6-17(5,18(7-2)8-3)16(19)13-15-11-9-10-14(4)12-15/h9-12H,6-8,13H2,1-5H3. The van der Waals surface area contributed by atoms with Gasteiger partial charge in [-0.05, 0) is 38.9 Å². The average molecular weight is 261 g/mol. The van der Waals surface area contributed by atoms with Crippen LogP contribution in [0.25, 0.3) is 0 Å². The van der Waals surface area contributed by atoms with Gasteiger partial charge in [0.1, 0.15) is 0 Å². The molecular weight excluding hydrogens is 234 g/mol. The summed E-state index contributed by atoms with van der Waals surface area (Å²) < 4.78 is 0. The van der Waals surface area contributed by atoms with Crippen LogP contribution >= 0.6 is 0 Å². The van der Waals surface area contributed by atoms with Crippen LogP contribution < -0.4 is 0 Å². The fraction of sp³-hybridized carbons (Fsp3) is 0.588. The summed E-state index contributed by atoms with van der Waals surface area (Å²) >= 11 is 0. The van der Waals surface area contributed by atoms with Crippen LogP contribution in [0.1, 0.15) is 45.2 Å². The minimum Gasteiger partial charge on any atom is -0.297 e. The molecule has 0 saturated carbocycles. The Labute approximate surface area is 117 Å². The van der Waals surface area contributed by atoms with E-state index in [0.717, 1.165) is 25.1 Å². The van der Waals surface area contributed by atoms with E-state index in [1.807, 2.05) is 12.1 Å². The third kappa shape index (κ3) is 3.66. The van der Waals surface area contributed by atoms with Crippen LogP contribution in [0.2, 0.25) is 0 Å². The van der Waals surface area contributed by atoms with E-state index in [0.29, 0.717) is 12.2 Å². The molecule has 0 radical (unpaired) electrons. The van der Waals surface area contributed by atoms with Crippen molar-refractivity contribution in [1.82, 2.24) is 4.90 Å². The summed E-state index contributed by atoms with van der Waals surface area (Å²) in [5.74, 6) is 0.323. The van der Waals surface area contributed by atoms with Gasteiger partial charge >= 0.3 is 0 Å². The Kier molecular flexibility index (Phi) is 5.74. The molecule has 0 amide bonds. The first-order valence-corrected chi connectivity index (χ1v) is 7.31. The number of carbonyl (C=O) groups excluding carboxylic acids is 1. The summed E-state index contributed by atoms with van der Waals surface area (Å²) in [4.78, 5) is 15.0. The van der Waals surface area contributed by atoms with Crippen molar-refractivity contribution in [2.24, 2.45) is 0 Å². The van der Waals surface area contributed by atoms with Crippen LogP contribution in [0, 0.1) is 6.92 Å². The fourth-order valence-corrected chi connectivity index (χ4v) is 2.72. The third-order valence-corrected chi connectivity index (χ3v) is 4.20. The summed E-state index contributed by atoms with van der Waals surface area (Å²) in [5, 5.41) is 0. The van der Waals surface area contributed by atoms with Crippen molar-refractivity contribution < 1.29 is 4.79 Å². The maximum absolute atomic E-state index is 12.7. The smallest absolute Gasteiger partial charge is 0.157 e. The summed E-state index contributed by atoms with van der Waals surface area (Å²) in [7, 11) is 0. The zero-order valence-electron chi connectivity index (χ0n) is 13.0. The zero-order valence-corrected chi connectivity index (χ0v) is 13.0. The maximum atomic E-state index is 12.7. The van der Waals surface area contributed by atoms with Crippen molar-refractivity contribution in [2.75, 3.05) is 13.1 Å². The molecule has 2 heteroatoms. The largest absolute Gasteiger partial charge is 0.297 e. The lowest BCUT2D eigenvalue weighted by molar-refractivity contribution is -0.129. The number of hydrogen-bond acceptors (Lipinski definition) is 2. The normalized spacial score (nSPS) is 14.4. The van der Waals surface area contributed by atoms with E-state index in [2.05, 4.69) is 51.7 Å². The van der Waals surface area contributed by atoms with Gasteiger partial charge in [-0.1, -0.05) is 50.6 Å². The molecule has 0 N–H and O–H groups in total. The molecule has 0 heterocycles. The van der Waals surface area contributed by atoms with Gasteiger partial charge in [-0.3, -0.25) is 9.69 Å². The van der Waals surface area contributed by atoms with Crippen molar-refractivity contribution in [1.29, 1.82) is 0 Å². The highest BCUT2D eigenvalue weighted by Gasteiger charge is 2.35. The van der Waals surface area contributed by atoms with E-state index < -0.39 is 0 Å². The Bertz CT molecular complexity index is 423. The van der Waals surface area contributed by atoms with Crippen molar-refractivity contribution in [2.45, 2.75) is 53.0 Å². The van der Waals surface area contributed by atoms with Gasteiger partial charge < -0.3 is 0 Å². The number of likely N-dealkylation sites (N-methyl/N-ethyl adjacent to an activating group) is 1. The third-order valence-electron chi connectivity index (χ3n) is 4.20. The molecule has 0 aliphatic carbocycles. The highest BCUT2D eigenvalue weighted by atomic mass is 16.1. The molecule has 106 valence electrons. The van der Waals surface area contributed by atoms with Crippen LogP contribution in [-0.4, -0.2) is 29.3 Å². The van der Waals surface area contributed by atoms with Gasteiger partial charge in [-0.2, -0.15) is 0 Å². The molecule has 0 aromatic heterocycles. The molecular formula is C17H27NO. The molecule has 0 fully saturated rings. The molecule has 0 aliphatic rings. The highest BCUT2D eigenvalue weighted by molar-refractivity contribution is 5.89. The fourth-order valence-electron chi connectivity index (χ4n) is 2.72. The predicted octanol–water partition coefficient (Wildman–Crippen LogP) is 3.62. The van der Waals surface area contributed by atoms with E-state index in [9.17, 15) is 4.79 Å². The minimum absolute atomic E-state index is 0.323. The van der Waals surface area contributed by atoms with Gasteiger partial charge in [0.25, 0.3) is 0 Å². The van der Waals surface area contributed by atoms with Crippen LogP contribution in [-0.2, 0) is 11.2 Å². The lowest BCUT2D eigenvalue weighted by Crippen LogP contribution is -2.52. The number of ketones is 1. The number of carbonyl (C=O) groups is 1. The Morgan fingerprint density at radius 3 is 2.32 bits per heavy atom. The first kappa shape index (κ1) is 15.9. The number of benzene rings is 1. The maximum Gasteiger partial charge on any atom is 0.157 e. The van der Waals surface area contributed by atoms with Gasteiger partial charge in [-0.15, -0.1) is 0 Å². The molecule has 1 rings (SSSR count). The second-order valence-electron chi connectivity index (χ2n) is 5.39. The van der Waals surface area contributed by atoms with Gasteiger partial charge in [0, 0.05) is 6.42 Å². The molecule has 0 saturated heterocycles. The molecule has 0 aliphatic heterocycles. The quantitative estimate of drug-likeness (QED) is 0.747. The first-order chi connectivity index (χ1) is 8.97. The molecule has 1 aromatic carbocycles. The van der Waals surface area contributed by atoms with E-state index >= 15 is 0 Å². The molecule has 0 bridgehead atoms. The molecule has 2 nitrogen and oxygen atoms in total. The molecule has 0 spiro atoms. The lowest BCUT2D eigenvalue weighted by Gasteiger charge is -2.38. The predicted molar refractivity (Wildman–Crippen MR) is 81.5 cm³/mol. The second-order valence-corrected chi connectivity index (χ2v) is 5.39. The first-order valence-electron chi connectivity index (χ1n) is 7.31. The number of hydrogen-bond donors (Lipinski definition) is 0.